The van der Waals surface area contributed by atoms with Gasteiger partial charge in [0.15, 0.2) is 11.9 Å². The van der Waals surface area contributed by atoms with Crippen molar-refractivity contribution in [1.82, 2.24) is 9.97 Å². The van der Waals surface area contributed by atoms with Gasteiger partial charge >= 0.3 is 6.09 Å². The molecule has 4 heterocycles. The van der Waals surface area contributed by atoms with Gasteiger partial charge in [0, 0.05) is 18.0 Å². The highest BCUT2D eigenvalue weighted by Gasteiger charge is 2.49. The molecule has 10 nitrogen and oxygen atoms in total. The Bertz CT molecular complexity index is 1080. The second-order valence-corrected chi connectivity index (χ2v) is 7.39. The predicted molar refractivity (Wildman–Crippen MR) is 114 cm³/mol. The summed E-state index contributed by atoms with van der Waals surface area (Å²) >= 11 is 0. The van der Waals surface area contributed by atoms with E-state index in [0.717, 1.165) is 0 Å². The lowest BCUT2D eigenvalue weighted by Gasteiger charge is -2.18. The molecule has 166 valence electrons. The van der Waals surface area contributed by atoms with E-state index in [1.54, 1.807) is 56.0 Å². The van der Waals surface area contributed by atoms with Gasteiger partial charge in [-0.3, -0.25) is 5.32 Å². The number of rotatable bonds is 6. The highest BCUT2D eigenvalue weighted by atomic mass is 16.6. The SMILES string of the molecule is COc1cccc(NC(=O)OC2COC3C(Nc4nccc(-c5ccco5)n4)COC23)c1. The van der Waals surface area contributed by atoms with Gasteiger partial charge in [-0.25, -0.2) is 14.8 Å². The quantitative estimate of drug-likeness (QED) is 0.599. The molecule has 10 heteroatoms. The molecule has 1 amide bonds. The molecule has 4 atom stereocenters. The number of carbonyl (C=O) groups is 1. The van der Waals surface area contributed by atoms with Crippen molar-refractivity contribution in [3.63, 3.8) is 0 Å². The van der Waals surface area contributed by atoms with E-state index >= 15 is 0 Å². The molecule has 0 bridgehead atoms. The van der Waals surface area contributed by atoms with E-state index in [0.29, 0.717) is 35.4 Å². The molecule has 2 aliphatic rings. The standard InChI is InChI=1S/C22H22N4O6/c1-28-14-5-2-4-13(10-14)24-22(27)32-18-12-31-19-16(11-30-20(18)19)26-21-23-8-7-15(25-21)17-6-3-9-29-17/h2-10,16,18-20H,11-12H2,1H3,(H,24,27)(H,23,25,26). The van der Waals surface area contributed by atoms with Gasteiger partial charge in [-0.15, -0.1) is 0 Å². The van der Waals surface area contributed by atoms with E-state index in [4.69, 9.17) is 23.4 Å². The molecule has 0 spiro atoms. The summed E-state index contributed by atoms with van der Waals surface area (Å²) in [4.78, 5) is 21.1. The van der Waals surface area contributed by atoms with Gasteiger partial charge in [0.25, 0.3) is 0 Å². The Hall–Kier alpha value is -3.63. The van der Waals surface area contributed by atoms with Crippen LogP contribution < -0.4 is 15.4 Å². The number of fused-ring (bicyclic) bond motifs is 1. The Kier molecular flexibility index (Phi) is 5.61. The Morgan fingerprint density at radius 3 is 2.88 bits per heavy atom. The van der Waals surface area contributed by atoms with Gasteiger partial charge in [0.05, 0.1) is 32.6 Å². The van der Waals surface area contributed by atoms with Crippen LogP contribution in [0, 0.1) is 0 Å². The molecule has 2 aromatic heterocycles. The van der Waals surface area contributed by atoms with Crippen molar-refractivity contribution in [2.45, 2.75) is 24.4 Å². The summed E-state index contributed by atoms with van der Waals surface area (Å²) in [5.74, 6) is 1.74. The van der Waals surface area contributed by atoms with Crippen LogP contribution in [-0.2, 0) is 14.2 Å². The van der Waals surface area contributed by atoms with Crippen LogP contribution in [0.2, 0.25) is 0 Å². The van der Waals surface area contributed by atoms with Crippen LogP contribution in [0.3, 0.4) is 0 Å². The molecular weight excluding hydrogens is 416 g/mol. The third-order valence-corrected chi connectivity index (χ3v) is 5.33. The zero-order valence-electron chi connectivity index (χ0n) is 17.3. The predicted octanol–water partition coefficient (Wildman–Crippen LogP) is 2.94. The first-order chi connectivity index (χ1) is 15.7. The number of hydrogen-bond acceptors (Lipinski definition) is 9. The molecule has 0 radical (unpaired) electrons. The Balaban J connectivity index is 1.18. The fourth-order valence-corrected chi connectivity index (χ4v) is 3.83. The molecule has 3 aromatic rings. The second kappa shape index (κ2) is 8.85. The van der Waals surface area contributed by atoms with Crippen molar-refractivity contribution in [1.29, 1.82) is 0 Å². The number of carbonyl (C=O) groups excluding carboxylic acids is 1. The molecule has 1 aromatic carbocycles. The smallest absolute Gasteiger partial charge is 0.412 e. The van der Waals surface area contributed by atoms with Gasteiger partial charge in [-0.2, -0.15) is 0 Å². The largest absolute Gasteiger partial charge is 0.497 e. The van der Waals surface area contributed by atoms with Crippen molar-refractivity contribution in [3.05, 3.63) is 54.9 Å². The van der Waals surface area contributed by atoms with Crippen LogP contribution in [0.15, 0.2) is 59.3 Å². The number of nitrogens with zero attached hydrogens (tertiary/aromatic N) is 2. The first-order valence-electron chi connectivity index (χ1n) is 10.2. The van der Waals surface area contributed by atoms with Crippen LogP contribution >= 0.6 is 0 Å². The molecule has 32 heavy (non-hydrogen) atoms. The van der Waals surface area contributed by atoms with Crippen LogP contribution in [-0.4, -0.2) is 60.7 Å². The van der Waals surface area contributed by atoms with E-state index in [1.807, 2.05) is 6.07 Å². The number of ether oxygens (including phenoxy) is 4. The second-order valence-electron chi connectivity index (χ2n) is 7.39. The Morgan fingerprint density at radius 2 is 2.03 bits per heavy atom. The van der Waals surface area contributed by atoms with Crippen molar-refractivity contribution >= 4 is 17.7 Å². The third kappa shape index (κ3) is 4.23. The van der Waals surface area contributed by atoms with Crippen LogP contribution in [0.5, 0.6) is 5.75 Å². The monoisotopic (exact) mass is 438 g/mol. The maximum absolute atomic E-state index is 12.3. The van der Waals surface area contributed by atoms with E-state index in [1.165, 1.54) is 0 Å². The molecular formula is C22H22N4O6. The number of aromatic nitrogens is 2. The van der Waals surface area contributed by atoms with Gasteiger partial charge in [0.2, 0.25) is 5.95 Å². The summed E-state index contributed by atoms with van der Waals surface area (Å²) < 4.78 is 27.9. The molecule has 2 aliphatic heterocycles. The van der Waals surface area contributed by atoms with E-state index in [-0.39, 0.29) is 24.9 Å². The maximum Gasteiger partial charge on any atom is 0.412 e. The molecule has 4 unspecified atom stereocenters. The molecule has 2 saturated heterocycles. The third-order valence-electron chi connectivity index (χ3n) is 5.33. The minimum absolute atomic E-state index is 0.179. The summed E-state index contributed by atoms with van der Waals surface area (Å²) in [5, 5.41) is 5.95. The minimum atomic E-state index is -0.581. The number of furan rings is 1. The summed E-state index contributed by atoms with van der Waals surface area (Å²) in [6.07, 6.45) is 1.48. The van der Waals surface area contributed by atoms with Gasteiger partial charge in [0.1, 0.15) is 23.7 Å². The lowest BCUT2D eigenvalue weighted by atomic mass is 10.1. The van der Waals surface area contributed by atoms with Crippen molar-refractivity contribution < 1.29 is 28.2 Å². The van der Waals surface area contributed by atoms with Crippen molar-refractivity contribution in [2.75, 3.05) is 31.0 Å². The van der Waals surface area contributed by atoms with Gasteiger partial charge < -0.3 is 28.7 Å². The fourth-order valence-electron chi connectivity index (χ4n) is 3.83. The average Bonchev–Trinajstić information content (AvgIpc) is 3.55. The fraction of sp³-hybridized carbons (Fsp3) is 0.318. The maximum atomic E-state index is 12.3. The molecule has 5 rings (SSSR count). The highest BCUT2D eigenvalue weighted by molar-refractivity contribution is 5.85. The summed E-state index contributed by atoms with van der Waals surface area (Å²) in [5.41, 5.74) is 1.25. The zero-order chi connectivity index (χ0) is 21.9. The number of anilines is 2. The topological polar surface area (TPSA) is 117 Å². The van der Waals surface area contributed by atoms with Crippen molar-refractivity contribution in [3.8, 4) is 17.2 Å². The average molecular weight is 438 g/mol. The number of hydrogen-bond donors (Lipinski definition) is 2. The highest BCUT2D eigenvalue weighted by Crippen LogP contribution is 2.31. The van der Waals surface area contributed by atoms with Crippen molar-refractivity contribution in [2.24, 2.45) is 0 Å². The molecule has 2 N–H and O–H groups in total. The number of benzene rings is 1. The van der Waals surface area contributed by atoms with E-state index in [2.05, 4.69) is 20.6 Å². The normalized spacial score (nSPS) is 24.0. The van der Waals surface area contributed by atoms with Gasteiger partial charge in [-0.05, 0) is 30.3 Å². The Labute approximate surface area is 183 Å². The first-order valence-corrected chi connectivity index (χ1v) is 10.2. The van der Waals surface area contributed by atoms with E-state index < -0.39 is 12.2 Å². The lowest BCUT2D eigenvalue weighted by molar-refractivity contribution is 0.00917. The van der Waals surface area contributed by atoms with Crippen LogP contribution in [0.25, 0.3) is 11.5 Å². The molecule has 0 aliphatic carbocycles. The zero-order valence-corrected chi connectivity index (χ0v) is 17.3. The minimum Gasteiger partial charge on any atom is -0.497 e. The van der Waals surface area contributed by atoms with Crippen LogP contribution in [0.1, 0.15) is 0 Å². The number of nitrogens with one attached hydrogen (secondary N) is 2. The summed E-state index contributed by atoms with van der Waals surface area (Å²) in [7, 11) is 1.56. The van der Waals surface area contributed by atoms with E-state index in [9.17, 15) is 4.79 Å². The Morgan fingerprint density at radius 1 is 1.12 bits per heavy atom. The summed E-state index contributed by atoms with van der Waals surface area (Å²) in [6, 6.07) is 12.3. The first kappa shape index (κ1) is 20.3. The number of methoxy groups -OCH3 is 1. The number of amides is 1. The lowest BCUT2D eigenvalue weighted by Crippen LogP contribution is -2.38. The van der Waals surface area contributed by atoms with Crippen LogP contribution in [0.4, 0.5) is 16.4 Å². The molecule has 0 saturated carbocycles. The molecule has 2 fully saturated rings. The van der Waals surface area contributed by atoms with Gasteiger partial charge in [-0.1, -0.05) is 6.07 Å². The summed E-state index contributed by atoms with van der Waals surface area (Å²) in [6.45, 7) is 0.618.